The average Bonchev–Trinajstić information content (AvgIpc) is 3.20. The number of nitrogens with zero attached hydrogens (tertiary/aromatic N) is 1. The number of aromatic nitrogens is 1. The van der Waals surface area contributed by atoms with Crippen molar-refractivity contribution in [3.63, 3.8) is 0 Å². The van der Waals surface area contributed by atoms with Crippen molar-refractivity contribution in [1.29, 1.82) is 0 Å². The third-order valence-electron chi connectivity index (χ3n) is 4.37. The highest BCUT2D eigenvalue weighted by molar-refractivity contribution is 8.01. The molecule has 2 aromatic carbocycles. The Labute approximate surface area is 189 Å². The summed E-state index contributed by atoms with van der Waals surface area (Å²) in [6.07, 6.45) is 1.10. The third kappa shape index (κ3) is 7.04. The van der Waals surface area contributed by atoms with E-state index in [1.165, 1.54) is 35.6 Å². The molecule has 0 aliphatic heterocycles. The molecule has 0 unspecified atom stereocenters. The molecule has 0 saturated heterocycles. The first-order chi connectivity index (χ1) is 14.9. The molecule has 0 spiro atoms. The van der Waals surface area contributed by atoms with Crippen LogP contribution >= 0.6 is 23.1 Å². The summed E-state index contributed by atoms with van der Waals surface area (Å²) < 4.78 is 0.765. The number of carbonyl (C=O) groups excluding carboxylic acids is 3. The number of hydrogen-bond donors (Lipinski definition) is 2. The predicted octanol–water partition coefficient (Wildman–Crippen LogP) is 4.82. The lowest BCUT2D eigenvalue weighted by Gasteiger charge is -2.06. The highest BCUT2D eigenvalue weighted by Gasteiger charge is 2.11. The molecule has 3 rings (SSSR count). The zero-order valence-electron chi connectivity index (χ0n) is 17.3. The lowest BCUT2D eigenvalue weighted by Crippen LogP contribution is -2.14. The molecular weight excluding hydrogens is 430 g/mol. The van der Waals surface area contributed by atoms with Crippen LogP contribution < -0.4 is 10.6 Å². The number of rotatable bonds is 9. The molecule has 8 heteroatoms. The molecule has 2 N–H and O–H groups in total. The van der Waals surface area contributed by atoms with Gasteiger partial charge in [-0.25, -0.2) is 4.98 Å². The number of hydrogen-bond acceptors (Lipinski definition) is 6. The molecule has 1 aromatic heterocycles. The van der Waals surface area contributed by atoms with Crippen LogP contribution in [0.4, 0.5) is 11.4 Å². The lowest BCUT2D eigenvalue weighted by atomic mass is 10.1. The second-order valence-corrected chi connectivity index (χ2v) is 8.93. The smallest absolute Gasteiger partial charge is 0.230 e. The van der Waals surface area contributed by atoms with Crippen molar-refractivity contribution in [3.05, 3.63) is 70.7 Å². The van der Waals surface area contributed by atoms with Crippen molar-refractivity contribution in [3.8, 4) is 0 Å². The molecule has 31 heavy (non-hydrogen) atoms. The van der Waals surface area contributed by atoms with E-state index in [1.54, 1.807) is 24.3 Å². The summed E-state index contributed by atoms with van der Waals surface area (Å²) in [4.78, 5) is 40.1. The Bertz CT molecular complexity index is 1060. The fourth-order valence-electron chi connectivity index (χ4n) is 2.78. The molecule has 0 bridgehead atoms. The van der Waals surface area contributed by atoms with Crippen LogP contribution in [-0.4, -0.2) is 28.3 Å². The molecule has 1 heterocycles. The average molecular weight is 454 g/mol. The second kappa shape index (κ2) is 10.9. The van der Waals surface area contributed by atoms with E-state index >= 15 is 0 Å². The van der Waals surface area contributed by atoms with E-state index in [-0.39, 0.29) is 24.0 Å². The topological polar surface area (TPSA) is 88.2 Å². The van der Waals surface area contributed by atoms with Gasteiger partial charge in [0.2, 0.25) is 11.8 Å². The summed E-state index contributed by atoms with van der Waals surface area (Å²) in [5.74, 6) is 0.0433. The van der Waals surface area contributed by atoms with Crippen LogP contribution in [0.25, 0.3) is 0 Å². The second-order valence-electron chi connectivity index (χ2n) is 6.85. The molecule has 6 nitrogen and oxygen atoms in total. The minimum atomic E-state index is -0.179. The van der Waals surface area contributed by atoms with Crippen LogP contribution in [0.1, 0.15) is 35.5 Å². The molecule has 0 saturated carbocycles. The maximum Gasteiger partial charge on any atom is 0.230 e. The molecular formula is C23H23N3O3S2. The summed E-state index contributed by atoms with van der Waals surface area (Å²) in [5, 5.41) is 7.33. The van der Waals surface area contributed by atoms with E-state index in [0.29, 0.717) is 28.4 Å². The Kier molecular flexibility index (Phi) is 7.97. The summed E-state index contributed by atoms with van der Waals surface area (Å²) in [7, 11) is 0. The van der Waals surface area contributed by atoms with Gasteiger partial charge >= 0.3 is 0 Å². The first-order valence-electron chi connectivity index (χ1n) is 9.79. The first kappa shape index (κ1) is 22.7. The predicted molar refractivity (Wildman–Crippen MR) is 126 cm³/mol. The van der Waals surface area contributed by atoms with E-state index in [0.717, 1.165) is 10.8 Å². The van der Waals surface area contributed by atoms with Gasteiger partial charge < -0.3 is 10.6 Å². The van der Waals surface area contributed by atoms with Crippen molar-refractivity contribution in [2.45, 2.75) is 31.0 Å². The van der Waals surface area contributed by atoms with E-state index in [9.17, 15) is 14.4 Å². The van der Waals surface area contributed by atoms with Gasteiger partial charge in [0.15, 0.2) is 10.1 Å². The first-order valence-corrected chi connectivity index (χ1v) is 11.7. The number of thiazole rings is 1. The SMILES string of the molecule is CCc1ccc(C(=O)CSc2nc(CC(=O)Nc3ccc(NC(C)=O)cc3)cs2)cc1. The number of carbonyl (C=O) groups is 3. The van der Waals surface area contributed by atoms with E-state index in [1.807, 2.05) is 29.6 Å². The number of ketones is 1. The molecule has 3 aromatic rings. The number of amides is 2. The summed E-state index contributed by atoms with van der Waals surface area (Å²) in [6.45, 7) is 3.52. The Hall–Kier alpha value is -2.97. The van der Waals surface area contributed by atoms with Gasteiger partial charge in [-0.1, -0.05) is 43.0 Å². The number of Topliss-reactive ketones (excluding diaryl/α,β-unsaturated/α-hetero) is 1. The number of benzene rings is 2. The van der Waals surface area contributed by atoms with E-state index < -0.39 is 0 Å². The van der Waals surface area contributed by atoms with Crippen molar-refractivity contribution in [2.24, 2.45) is 0 Å². The Morgan fingerprint density at radius 2 is 1.61 bits per heavy atom. The highest BCUT2D eigenvalue weighted by atomic mass is 32.2. The summed E-state index contributed by atoms with van der Waals surface area (Å²) in [6, 6.07) is 14.6. The van der Waals surface area contributed by atoms with E-state index in [2.05, 4.69) is 22.5 Å². The number of anilines is 2. The minimum absolute atomic E-state index is 0.0601. The fourth-order valence-corrected chi connectivity index (χ4v) is 4.52. The van der Waals surface area contributed by atoms with Crippen LogP contribution in [0.3, 0.4) is 0 Å². The van der Waals surface area contributed by atoms with Gasteiger partial charge in [0.05, 0.1) is 17.9 Å². The van der Waals surface area contributed by atoms with Gasteiger partial charge in [0.25, 0.3) is 0 Å². The monoisotopic (exact) mass is 453 g/mol. The number of thioether (sulfide) groups is 1. The van der Waals surface area contributed by atoms with Gasteiger partial charge in [0, 0.05) is 29.2 Å². The molecule has 0 aliphatic rings. The third-order valence-corrected chi connectivity index (χ3v) is 6.44. The van der Waals surface area contributed by atoms with Crippen LogP contribution in [0, 0.1) is 0 Å². The van der Waals surface area contributed by atoms with Crippen molar-refractivity contribution in [1.82, 2.24) is 4.98 Å². The zero-order valence-corrected chi connectivity index (χ0v) is 18.9. The van der Waals surface area contributed by atoms with Crippen LogP contribution in [0.15, 0.2) is 58.3 Å². The fraction of sp³-hybridized carbons (Fsp3) is 0.217. The van der Waals surface area contributed by atoms with Crippen molar-refractivity contribution in [2.75, 3.05) is 16.4 Å². The molecule has 0 fully saturated rings. The lowest BCUT2D eigenvalue weighted by molar-refractivity contribution is -0.116. The van der Waals surface area contributed by atoms with E-state index in [4.69, 9.17) is 0 Å². The van der Waals surface area contributed by atoms with Gasteiger partial charge in [-0.3, -0.25) is 14.4 Å². The summed E-state index contributed by atoms with van der Waals surface area (Å²) >= 11 is 2.81. The molecule has 160 valence electrons. The number of aryl methyl sites for hydroxylation is 1. The quantitative estimate of drug-likeness (QED) is 0.358. The maximum absolute atomic E-state index is 12.4. The van der Waals surface area contributed by atoms with Crippen molar-refractivity contribution < 1.29 is 14.4 Å². The molecule has 2 amide bonds. The minimum Gasteiger partial charge on any atom is -0.326 e. The maximum atomic E-state index is 12.4. The van der Waals surface area contributed by atoms with Crippen LogP contribution in [0.5, 0.6) is 0 Å². The van der Waals surface area contributed by atoms with Gasteiger partial charge in [-0.2, -0.15) is 0 Å². The summed E-state index contributed by atoms with van der Waals surface area (Å²) in [5.41, 5.74) is 3.88. The molecule has 0 aliphatic carbocycles. The zero-order chi connectivity index (χ0) is 22.2. The largest absolute Gasteiger partial charge is 0.326 e. The van der Waals surface area contributed by atoms with Crippen LogP contribution in [-0.2, 0) is 22.4 Å². The highest BCUT2D eigenvalue weighted by Crippen LogP contribution is 2.24. The normalized spacial score (nSPS) is 10.5. The Balaban J connectivity index is 1.48. The van der Waals surface area contributed by atoms with Crippen molar-refractivity contribution >= 4 is 52.1 Å². The Morgan fingerprint density at radius 3 is 2.23 bits per heavy atom. The van der Waals surface area contributed by atoms with Crippen LogP contribution in [0.2, 0.25) is 0 Å². The Morgan fingerprint density at radius 1 is 0.968 bits per heavy atom. The molecule has 0 atom stereocenters. The standard InChI is InChI=1S/C23H23N3O3S2/c1-3-16-4-6-17(7-5-16)21(28)14-31-23-26-20(13-30-23)12-22(29)25-19-10-8-18(9-11-19)24-15(2)27/h4-11,13H,3,12,14H2,1-2H3,(H,24,27)(H,25,29). The van der Waals surface area contributed by atoms with Gasteiger partial charge in [-0.15, -0.1) is 11.3 Å². The van der Waals surface area contributed by atoms with Gasteiger partial charge in [0.1, 0.15) is 0 Å². The number of nitrogens with one attached hydrogen (secondary N) is 2. The molecule has 0 radical (unpaired) electrons. The van der Waals surface area contributed by atoms with Gasteiger partial charge in [-0.05, 0) is 36.2 Å².